The highest BCUT2D eigenvalue weighted by Crippen LogP contribution is 2.46. The summed E-state index contributed by atoms with van der Waals surface area (Å²) in [7, 11) is 0. The summed E-state index contributed by atoms with van der Waals surface area (Å²) in [5, 5.41) is 4.25. The van der Waals surface area contributed by atoms with Crippen LogP contribution >= 0.6 is 22.9 Å². The van der Waals surface area contributed by atoms with Crippen molar-refractivity contribution in [3.63, 3.8) is 0 Å². The van der Waals surface area contributed by atoms with Gasteiger partial charge >= 0.3 is 0 Å². The smallest absolute Gasteiger partial charge is 0.277 e. The number of rotatable bonds is 4. The predicted octanol–water partition coefficient (Wildman–Crippen LogP) is 7.68. The lowest BCUT2D eigenvalue weighted by molar-refractivity contribution is -0.112. The van der Waals surface area contributed by atoms with Crippen LogP contribution in [0, 0.1) is 11.3 Å². The SMILES string of the molecule is CC(C)N1C(=O)C(=Nc2sc3c(c2C(=O)Nc2ccc(Cl)cc2)CC[C@H](C(C)(C)C)C3)c2ccccc21. The fraction of sp³-hybridized carbons (Fsp3) is 0.367. The van der Waals surface area contributed by atoms with Gasteiger partial charge in [-0.2, -0.15) is 0 Å². The molecule has 2 aromatic carbocycles. The average Bonchev–Trinajstić information content (AvgIpc) is 3.34. The number of benzene rings is 2. The lowest BCUT2D eigenvalue weighted by Crippen LogP contribution is -2.35. The van der Waals surface area contributed by atoms with Gasteiger partial charge in [0.2, 0.25) is 0 Å². The summed E-state index contributed by atoms with van der Waals surface area (Å²) in [5.74, 6) is 0.198. The molecule has 1 aliphatic carbocycles. The topological polar surface area (TPSA) is 61.8 Å². The molecule has 5 rings (SSSR count). The molecule has 0 saturated heterocycles. The third kappa shape index (κ3) is 4.85. The largest absolute Gasteiger partial charge is 0.322 e. The number of anilines is 2. The van der Waals surface area contributed by atoms with E-state index in [1.54, 1.807) is 40.5 Å². The van der Waals surface area contributed by atoms with Crippen LogP contribution in [-0.4, -0.2) is 23.6 Å². The number of amides is 2. The predicted molar refractivity (Wildman–Crippen MR) is 154 cm³/mol. The van der Waals surface area contributed by atoms with Gasteiger partial charge in [0.15, 0.2) is 0 Å². The minimum Gasteiger partial charge on any atom is -0.322 e. The molecule has 1 atom stereocenters. The second-order valence-corrected chi connectivity index (χ2v) is 12.7. The Morgan fingerprint density at radius 2 is 1.84 bits per heavy atom. The van der Waals surface area contributed by atoms with Crippen LogP contribution in [0.1, 0.15) is 67.4 Å². The van der Waals surface area contributed by atoms with Gasteiger partial charge in [-0.15, -0.1) is 11.3 Å². The highest BCUT2D eigenvalue weighted by molar-refractivity contribution is 7.16. The molecule has 2 heterocycles. The van der Waals surface area contributed by atoms with Gasteiger partial charge in [-0.3, -0.25) is 9.59 Å². The number of aliphatic imine (C=N–C) groups is 1. The highest BCUT2D eigenvalue weighted by atomic mass is 35.5. The molecule has 5 nitrogen and oxygen atoms in total. The Kier molecular flexibility index (Phi) is 6.75. The fourth-order valence-electron chi connectivity index (χ4n) is 5.30. The number of thiophene rings is 1. The van der Waals surface area contributed by atoms with E-state index < -0.39 is 0 Å². The molecular weight excluding hydrogens is 502 g/mol. The Morgan fingerprint density at radius 3 is 2.51 bits per heavy atom. The first kappa shape index (κ1) is 25.7. The molecule has 0 fully saturated rings. The number of halogens is 1. The maximum absolute atomic E-state index is 13.7. The van der Waals surface area contributed by atoms with E-state index in [2.05, 4.69) is 26.1 Å². The van der Waals surface area contributed by atoms with E-state index in [4.69, 9.17) is 16.6 Å². The maximum atomic E-state index is 13.7. The van der Waals surface area contributed by atoms with Crippen LogP contribution in [0.15, 0.2) is 53.5 Å². The van der Waals surface area contributed by atoms with Crippen LogP contribution < -0.4 is 10.2 Å². The van der Waals surface area contributed by atoms with Crippen molar-refractivity contribution < 1.29 is 9.59 Å². The number of para-hydroxylation sites is 1. The molecule has 0 saturated carbocycles. The van der Waals surface area contributed by atoms with Crippen LogP contribution in [0.2, 0.25) is 5.02 Å². The summed E-state index contributed by atoms with van der Waals surface area (Å²) in [5.41, 5.74) is 4.57. The summed E-state index contributed by atoms with van der Waals surface area (Å²) in [4.78, 5) is 35.2. The van der Waals surface area contributed by atoms with Crippen molar-refractivity contribution in [3.8, 4) is 0 Å². The zero-order valence-corrected chi connectivity index (χ0v) is 23.5. The van der Waals surface area contributed by atoms with E-state index in [9.17, 15) is 9.59 Å². The minimum absolute atomic E-state index is 0.00175. The number of hydrogen-bond donors (Lipinski definition) is 1. The van der Waals surface area contributed by atoms with Gasteiger partial charge in [0, 0.05) is 27.2 Å². The number of carbonyl (C=O) groups is 2. The van der Waals surface area contributed by atoms with Crippen molar-refractivity contribution in [1.82, 2.24) is 0 Å². The Bertz CT molecular complexity index is 1400. The van der Waals surface area contributed by atoms with Crippen molar-refractivity contribution in [3.05, 3.63) is 75.1 Å². The Balaban J connectivity index is 1.61. The van der Waals surface area contributed by atoms with Gasteiger partial charge in [-0.1, -0.05) is 50.6 Å². The summed E-state index contributed by atoms with van der Waals surface area (Å²) < 4.78 is 0. The van der Waals surface area contributed by atoms with Crippen LogP contribution in [0.25, 0.3) is 0 Å². The first-order chi connectivity index (χ1) is 17.5. The first-order valence-electron chi connectivity index (χ1n) is 12.8. The second kappa shape index (κ2) is 9.73. The van der Waals surface area contributed by atoms with Crippen LogP contribution in [0.3, 0.4) is 0 Å². The molecule has 37 heavy (non-hydrogen) atoms. The Labute approximate surface area is 227 Å². The zero-order chi connectivity index (χ0) is 26.5. The van der Waals surface area contributed by atoms with Gasteiger partial charge in [0.25, 0.3) is 11.8 Å². The van der Waals surface area contributed by atoms with Crippen LogP contribution in [0.4, 0.5) is 16.4 Å². The molecule has 0 unspecified atom stereocenters. The molecule has 1 aromatic heterocycles. The molecule has 3 aromatic rings. The van der Waals surface area contributed by atoms with Crippen LogP contribution in [0.5, 0.6) is 0 Å². The maximum Gasteiger partial charge on any atom is 0.277 e. The van der Waals surface area contributed by atoms with Gasteiger partial charge in [0.1, 0.15) is 10.7 Å². The summed E-state index contributed by atoms with van der Waals surface area (Å²) in [6.07, 6.45) is 2.76. The van der Waals surface area contributed by atoms with Crippen molar-refractivity contribution in [2.24, 2.45) is 16.3 Å². The average molecular weight is 534 g/mol. The molecule has 192 valence electrons. The lowest BCUT2D eigenvalue weighted by atomic mass is 9.72. The van der Waals surface area contributed by atoms with Gasteiger partial charge in [-0.05, 0) is 80.3 Å². The quantitative estimate of drug-likeness (QED) is 0.374. The highest BCUT2D eigenvalue weighted by Gasteiger charge is 2.37. The monoisotopic (exact) mass is 533 g/mol. The Morgan fingerprint density at radius 1 is 1.14 bits per heavy atom. The molecule has 1 N–H and O–H groups in total. The van der Waals surface area contributed by atoms with E-state index >= 15 is 0 Å². The molecule has 7 heteroatoms. The van der Waals surface area contributed by atoms with Gasteiger partial charge in [0.05, 0.1) is 11.3 Å². The van der Waals surface area contributed by atoms with Crippen molar-refractivity contribution >= 4 is 56.8 Å². The molecule has 2 amide bonds. The molecule has 0 radical (unpaired) electrons. The minimum atomic E-state index is -0.201. The third-order valence-electron chi connectivity index (χ3n) is 7.37. The van der Waals surface area contributed by atoms with Crippen molar-refractivity contribution in [2.75, 3.05) is 10.2 Å². The van der Waals surface area contributed by atoms with E-state index in [0.29, 0.717) is 32.9 Å². The number of carbonyl (C=O) groups excluding carboxylic acids is 2. The summed E-state index contributed by atoms with van der Waals surface area (Å²) >= 11 is 7.59. The fourth-order valence-corrected chi connectivity index (χ4v) is 6.72. The standard InChI is InChI=1S/C30H32ClN3O2S/c1-17(2)34-23-9-7-6-8-21(23)26(29(34)36)33-28-25(27(35)32-20-13-11-19(31)12-14-20)22-15-10-18(30(3,4)5)16-24(22)37-28/h6-9,11-14,17-18H,10,15-16H2,1-5H3,(H,32,35)/t18-/m0/s1. The molecule has 1 aliphatic heterocycles. The lowest BCUT2D eigenvalue weighted by Gasteiger charge is -2.33. The Hall–Kier alpha value is -2.96. The van der Waals surface area contributed by atoms with E-state index in [1.165, 1.54) is 4.88 Å². The normalized spacial score (nSPS) is 18.4. The number of fused-ring (bicyclic) bond motifs is 2. The van der Waals surface area contributed by atoms with E-state index in [0.717, 1.165) is 36.1 Å². The molecule has 0 spiro atoms. The van der Waals surface area contributed by atoms with Crippen molar-refractivity contribution in [1.29, 1.82) is 0 Å². The molecule has 0 bridgehead atoms. The molecular formula is C30H32ClN3O2S. The van der Waals surface area contributed by atoms with E-state index in [1.807, 2.05) is 38.1 Å². The summed E-state index contributed by atoms with van der Waals surface area (Å²) in [6.45, 7) is 10.8. The van der Waals surface area contributed by atoms with E-state index in [-0.39, 0.29) is 23.3 Å². The summed E-state index contributed by atoms with van der Waals surface area (Å²) in [6, 6.07) is 14.8. The zero-order valence-electron chi connectivity index (χ0n) is 21.9. The van der Waals surface area contributed by atoms with Gasteiger partial charge in [-0.25, -0.2) is 4.99 Å². The second-order valence-electron chi connectivity index (χ2n) is 11.2. The number of hydrogen-bond acceptors (Lipinski definition) is 4. The third-order valence-corrected chi connectivity index (χ3v) is 8.77. The number of nitrogens with one attached hydrogen (secondary N) is 1. The van der Waals surface area contributed by atoms with Crippen LogP contribution in [-0.2, 0) is 17.6 Å². The van der Waals surface area contributed by atoms with Gasteiger partial charge < -0.3 is 10.2 Å². The molecule has 2 aliphatic rings. The first-order valence-corrected chi connectivity index (χ1v) is 14.0. The number of nitrogens with zero attached hydrogens (tertiary/aromatic N) is 2. The van der Waals surface area contributed by atoms with Crippen molar-refractivity contribution in [2.45, 2.75) is 59.9 Å².